The van der Waals surface area contributed by atoms with E-state index in [1.165, 1.54) is 4.88 Å². The molecule has 1 aromatic rings. The van der Waals surface area contributed by atoms with E-state index in [2.05, 4.69) is 36.0 Å². The highest BCUT2D eigenvalue weighted by Gasteiger charge is 2.12. The van der Waals surface area contributed by atoms with Crippen molar-refractivity contribution in [2.75, 3.05) is 37.7 Å². The molecule has 0 aliphatic rings. The molecule has 0 aromatic carbocycles. The summed E-state index contributed by atoms with van der Waals surface area (Å²) < 4.78 is 5.40. The molecular weight excluding hydrogens is 246 g/mol. The number of hydrogen-bond acceptors (Lipinski definition) is 5. The van der Waals surface area contributed by atoms with Gasteiger partial charge in [0.1, 0.15) is 0 Å². The van der Waals surface area contributed by atoms with Gasteiger partial charge >= 0.3 is 0 Å². The molecule has 18 heavy (non-hydrogen) atoms. The smallest absolute Gasteiger partial charge is 0.185 e. The molecule has 1 unspecified atom stereocenters. The van der Waals surface area contributed by atoms with E-state index >= 15 is 0 Å². The van der Waals surface area contributed by atoms with E-state index in [0.717, 1.165) is 38.0 Å². The Morgan fingerprint density at radius 2 is 2.22 bits per heavy atom. The predicted molar refractivity (Wildman–Crippen MR) is 78.6 cm³/mol. The van der Waals surface area contributed by atoms with Crippen LogP contribution in [0.3, 0.4) is 0 Å². The molecule has 5 heteroatoms. The van der Waals surface area contributed by atoms with Gasteiger partial charge in [0.05, 0.1) is 6.61 Å². The number of ether oxygens (including phenoxy) is 1. The highest BCUT2D eigenvalue weighted by Crippen LogP contribution is 2.26. The Labute approximate surface area is 114 Å². The summed E-state index contributed by atoms with van der Waals surface area (Å²) in [6.45, 7) is 12.9. The molecule has 0 radical (unpaired) electrons. The van der Waals surface area contributed by atoms with Crippen LogP contribution in [0.5, 0.6) is 0 Å². The number of anilines is 1. The van der Waals surface area contributed by atoms with Crippen LogP contribution in [-0.2, 0) is 4.74 Å². The summed E-state index contributed by atoms with van der Waals surface area (Å²) in [4.78, 5) is 8.08. The van der Waals surface area contributed by atoms with Crippen LogP contribution in [-0.4, -0.2) is 37.8 Å². The summed E-state index contributed by atoms with van der Waals surface area (Å²) in [7, 11) is 0. The molecule has 0 spiro atoms. The first-order valence-electron chi connectivity index (χ1n) is 6.74. The van der Waals surface area contributed by atoms with Gasteiger partial charge in [-0.25, -0.2) is 4.98 Å². The Hall–Kier alpha value is -0.650. The van der Waals surface area contributed by atoms with Gasteiger partial charge in [-0.15, -0.1) is 11.3 Å². The molecule has 0 bridgehead atoms. The van der Waals surface area contributed by atoms with E-state index < -0.39 is 0 Å². The van der Waals surface area contributed by atoms with Crippen molar-refractivity contribution in [3.63, 3.8) is 0 Å². The summed E-state index contributed by atoms with van der Waals surface area (Å²) in [5.41, 5.74) is 0. The molecule has 1 N–H and O–H groups in total. The second-order valence-electron chi connectivity index (χ2n) is 4.10. The number of nitrogens with one attached hydrogen (secondary N) is 1. The Morgan fingerprint density at radius 3 is 2.83 bits per heavy atom. The lowest BCUT2D eigenvalue weighted by molar-refractivity contribution is 0.154. The zero-order valence-corrected chi connectivity index (χ0v) is 12.7. The molecule has 1 aromatic heterocycles. The first-order valence-corrected chi connectivity index (χ1v) is 7.56. The lowest BCUT2D eigenvalue weighted by Gasteiger charge is -2.19. The van der Waals surface area contributed by atoms with Crippen molar-refractivity contribution < 1.29 is 4.74 Å². The number of aromatic nitrogens is 1. The van der Waals surface area contributed by atoms with Crippen LogP contribution in [0.1, 0.15) is 38.6 Å². The zero-order chi connectivity index (χ0) is 13.4. The lowest BCUT2D eigenvalue weighted by atomic mass is 10.3. The van der Waals surface area contributed by atoms with Crippen LogP contribution >= 0.6 is 11.3 Å². The maximum absolute atomic E-state index is 5.40. The summed E-state index contributed by atoms with van der Waals surface area (Å²) in [6.07, 6.45) is 1.98. The van der Waals surface area contributed by atoms with Gasteiger partial charge in [0.15, 0.2) is 5.13 Å². The summed E-state index contributed by atoms with van der Waals surface area (Å²) in [5, 5.41) is 4.51. The maximum Gasteiger partial charge on any atom is 0.185 e. The van der Waals surface area contributed by atoms with Gasteiger partial charge in [0.2, 0.25) is 0 Å². The fraction of sp³-hybridized carbons (Fsp3) is 0.769. The van der Waals surface area contributed by atoms with Crippen molar-refractivity contribution in [2.24, 2.45) is 0 Å². The number of likely N-dealkylation sites (N-methyl/N-ethyl adjacent to an activating group) is 1. The molecule has 1 heterocycles. The monoisotopic (exact) mass is 271 g/mol. The topological polar surface area (TPSA) is 37.4 Å². The minimum absolute atomic E-state index is 0.381. The summed E-state index contributed by atoms with van der Waals surface area (Å²) in [6, 6.07) is 0.381. The molecule has 1 atom stereocenters. The number of thiazole rings is 1. The molecule has 104 valence electrons. The van der Waals surface area contributed by atoms with Gasteiger partial charge in [-0.05, 0) is 27.3 Å². The minimum Gasteiger partial charge on any atom is -0.380 e. The number of nitrogens with zero attached hydrogens (tertiary/aromatic N) is 2. The third-order valence-electron chi connectivity index (χ3n) is 2.81. The highest BCUT2D eigenvalue weighted by molar-refractivity contribution is 7.15. The van der Waals surface area contributed by atoms with Crippen molar-refractivity contribution >= 4 is 16.5 Å². The van der Waals surface area contributed by atoms with Crippen LogP contribution in [0.25, 0.3) is 0 Å². The largest absolute Gasteiger partial charge is 0.380 e. The Kier molecular flexibility index (Phi) is 7.23. The van der Waals surface area contributed by atoms with Crippen LogP contribution in [0.2, 0.25) is 0 Å². The van der Waals surface area contributed by atoms with Crippen LogP contribution in [0, 0.1) is 0 Å². The van der Waals surface area contributed by atoms with Crippen molar-refractivity contribution in [2.45, 2.75) is 33.7 Å². The third-order valence-corrected chi connectivity index (χ3v) is 4.05. The Bertz CT molecular complexity index is 330. The van der Waals surface area contributed by atoms with Gasteiger partial charge in [-0.1, -0.05) is 6.92 Å². The Morgan fingerprint density at radius 1 is 1.44 bits per heavy atom. The maximum atomic E-state index is 5.40. The molecule has 0 saturated carbocycles. The van der Waals surface area contributed by atoms with Crippen molar-refractivity contribution in [3.05, 3.63) is 11.1 Å². The quantitative estimate of drug-likeness (QED) is 0.701. The van der Waals surface area contributed by atoms with Crippen molar-refractivity contribution in [3.8, 4) is 0 Å². The third kappa shape index (κ3) is 4.55. The van der Waals surface area contributed by atoms with Gasteiger partial charge in [-0.3, -0.25) is 0 Å². The Balaban J connectivity index is 2.58. The molecule has 1 rings (SSSR count). The van der Waals surface area contributed by atoms with E-state index in [1.807, 2.05) is 13.1 Å². The van der Waals surface area contributed by atoms with E-state index in [-0.39, 0.29) is 0 Å². The zero-order valence-electron chi connectivity index (χ0n) is 11.9. The van der Waals surface area contributed by atoms with E-state index in [4.69, 9.17) is 4.74 Å². The summed E-state index contributed by atoms with van der Waals surface area (Å²) in [5.74, 6) is 0. The average molecular weight is 271 g/mol. The number of hydrogen-bond donors (Lipinski definition) is 1. The molecule has 0 fully saturated rings. The SMILES string of the molecule is CCNC(C)c1cnc(N(CC)CCOCC)s1. The van der Waals surface area contributed by atoms with Gasteiger partial charge in [-0.2, -0.15) is 0 Å². The first kappa shape index (κ1) is 15.4. The van der Waals surface area contributed by atoms with Gasteiger partial charge in [0, 0.05) is 36.8 Å². The van der Waals surface area contributed by atoms with E-state index in [9.17, 15) is 0 Å². The van der Waals surface area contributed by atoms with E-state index in [0.29, 0.717) is 6.04 Å². The highest BCUT2D eigenvalue weighted by atomic mass is 32.1. The lowest BCUT2D eigenvalue weighted by Crippen LogP contribution is -2.26. The minimum atomic E-state index is 0.381. The fourth-order valence-corrected chi connectivity index (χ4v) is 2.77. The van der Waals surface area contributed by atoms with Gasteiger partial charge in [0.25, 0.3) is 0 Å². The molecular formula is C13H25N3OS. The number of rotatable bonds is 9. The van der Waals surface area contributed by atoms with Crippen molar-refractivity contribution in [1.82, 2.24) is 10.3 Å². The normalized spacial score (nSPS) is 12.7. The predicted octanol–water partition coefficient (Wildman–Crippen LogP) is 2.68. The van der Waals surface area contributed by atoms with E-state index in [1.54, 1.807) is 11.3 Å². The summed E-state index contributed by atoms with van der Waals surface area (Å²) >= 11 is 1.77. The van der Waals surface area contributed by atoms with Crippen molar-refractivity contribution in [1.29, 1.82) is 0 Å². The molecule has 0 aliphatic carbocycles. The standard InChI is InChI=1S/C13H25N3OS/c1-5-14-11(4)12-10-15-13(18-12)16(6-2)8-9-17-7-3/h10-11,14H,5-9H2,1-4H3. The first-order chi connectivity index (χ1) is 8.72. The second kappa shape index (κ2) is 8.45. The second-order valence-corrected chi connectivity index (χ2v) is 5.14. The molecule has 0 amide bonds. The van der Waals surface area contributed by atoms with Crippen LogP contribution < -0.4 is 10.2 Å². The molecule has 0 aliphatic heterocycles. The average Bonchev–Trinajstić information content (AvgIpc) is 2.84. The molecule has 0 saturated heterocycles. The fourth-order valence-electron chi connectivity index (χ4n) is 1.74. The van der Waals surface area contributed by atoms with Crippen LogP contribution in [0.4, 0.5) is 5.13 Å². The van der Waals surface area contributed by atoms with Crippen LogP contribution in [0.15, 0.2) is 6.20 Å². The van der Waals surface area contributed by atoms with Gasteiger partial charge < -0.3 is 15.0 Å². The molecule has 4 nitrogen and oxygen atoms in total.